The maximum absolute atomic E-state index is 12.7. The molecule has 1 aromatic carbocycles. The Labute approximate surface area is 99.0 Å². The number of aromatic nitrogens is 1. The molecule has 0 bridgehead atoms. The van der Waals surface area contributed by atoms with Crippen LogP contribution in [0.5, 0.6) is 0 Å². The molecule has 1 aliphatic rings. The van der Waals surface area contributed by atoms with Gasteiger partial charge < -0.3 is 9.88 Å². The van der Waals surface area contributed by atoms with Crippen LogP contribution in [0.3, 0.4) is 0 Å². The summed E-state index contributed by atoms with van der Waals surface area (Å²) in [6, 6.07) is 10.1. The zero-order valence-corrected chi connectivity index (χ0v) is 9.49. The third kappa shape index (κ3) is 1.69. The van der Waals surface area contributed by atoms with Crippen LogP contribution < -0.4 is 5.32 Å². The molecule has 1 aliphatic heterocycles. The average molecular weight is 231 g/mol. The Balaban J connectivity index is 2.18. The van der Waals surface area contributed by atoms with Gasteiger partial charge in [-0.15, -0.1) is 0 Å². The molecule has 4 heteroatoms. The molecule has 0 fully saturated rings. The molecule has 88 valence electrons. The molecule has 1 aromatic heterocycles. The van der Waals surface area contributed by atoms with E-state index in [2.05, 4.69) is 16.4 Å². The van der Waals surface area contributed by atoms with Crippen molar-refractivity contribution >= 4 is 16.7 Å². The molecule has 0 saturated heterocycles. The quantitative estimate of drug-likeness (QED) is 0.859. The van der Waals surface area contributed by atoms with Gasteiger partial charge in [0.05, 0.1) is 18.8 Å². The normalized spacial score (nSPS) is 15.0. The van der Waals surface area contributed by atoms with Gasteiger partial charge in [0.15, 0.2) is 0 Å². The summed E-state index contributed by atoms with van der Waals surface area (Å²) in [5, 5.41) is 4.37. The monoisotopic (exact) mass is 231 g/mol. The summed E-state index contributed by atoms with van der Waals surface area (Å²) in [6.07, 6.45) is 0. The molecule has 0 unspecified atom stereocenters. The summed E-state index contributed by atoms with van der Waals surface area (Å²) >= 11 is 0. The van der Waals surface area contributed by atoms with Gasteiger partial charge in [0.25, 0.3) is 0 Å². The van der Waals surface area contributed by atoms with Crippen molar-refractivity contribution in [2.75, 3.05) is 19.8 Å². The minimum Gasteiger partial charge on any atom is -0.367 e. The number of aryl methyl sites for hydroxylation is 1. The molecule has 0 amide bonds. The molecular weight excluding hydrogens is 217 g/mol. The van der Waals surface area contributed by atoms with Gasteiger partial charge in [0, 0.05) is 17.4 Å². The van der Waals surface area contributed by atoms with E-state index in [4.69, 9.17) is 0 Å². The summed E-state index contributed by atoms with van der Waals surface area (Å²) in [5.41, 5.74) is 2.05. The fraction of sp³-hybridized carbons (Fsp3) is 0.308. The van der Waals surface area contributed by atoms with Crippen LogP contribution in [0.4, 0.5) is 4.39 Å². The number of aliphatic imine (C=N–C) groups is 1. The number of rotatable bonds is 3. The van der Waals surface area contributed by atoms with Gasteiger partial charge in [-0.25, -0.2) is 4.39 Å². The number of nitrogens with zero attached hydrogens (tertiary/aromatic N) is 2. The molecule has 0 atom stereocenters. The molecule has 0 aliphatic carbocycles. The maximum Gasteiger partial charge on any atom is 0.145 e. The predicted molar refractivity (Wildman–Crippen MR) is 67.3 cm³/mol. The van der Waals surface area contributed by atoms with Gasteiger partial charge in [-0.2, -0.15) is 0 Å². The number of hydrogen-bond acceptors (Lipinski definition) is 2. The molecule has 3 rings (SSSR count). The zero-order chi connectivity index (χ0) is 11.7. The van der Waals surface area contributed by atoms with E-state index in [-0.39, 0.29) is 6.67 Å². The van der Waals surface area contributed by atoms with Crippen molar-refractivity contribution in [3.05, 3.63) is 36.0 Å². The van der Waals surface area contributed by atoms with Crippen LogP contribution in [0.15, 0.2) is 35.3 Å². The first-order valence-corrected chi connectivity index (χ1v) is 5.83. The van der Waals surface area contributed by atoms with E-state index in [9.17, 15) is 4.39 Å². The van der Waals surface area contributed by atoms with Crippen molar-refractivity contribution in [1.82, 2.24) is 9.88 Å². The molecular formula is C13H14FN3. The predicted octanol–water partition coefficient (Wildman–Crippen LogP) is 1.96. The van der Waals surface area contributed by atoms with E-state index in [0.29, 0.717) is 6.54 Å². The lowest BCUT2D eigenvalue weighted by Crippen LogP contribution is -2.23. The van der Waals surface area contributed by atoms with Crippen LogP contribution in [-0.2, 0) is 6.54 Å². The van der Waals surface area contributed by atoms with E-state index in [1.807, 2.05) is 28.8 Å². The molecule has 1 N–H and O–H groups in total. The van der Waals surface area contributed by atoms with Crippen LogP contribution in [0.1, 0.15) is 5.69 Å². The van der Waals surface area contributed by atoms with Gasteiger partial charge in [-0.3, -0.25) is 4.99 Å². The van der Waals surface area contributed by atoms with Crippen LogP contribution in [0.25, 0.3) is 10.9 Å². The fourth-order valence-corrected chi connectivity index (χ4v) is 2.30. The highest BCUT2D eigenvalue weighted by Gasteiger charge is 2.15. The Hall–Kier alpha value is -1.84. The number of amidine groups is 1. The van der Waals surface area contributed by atoms with Gasteiger partial charge in [0.2, 0.25) is 0 Å². The second-order valence-corrected chi connectivity index (χ2v) is 4.09. The lowest BCUT2D eigenvalue weighted by molar-refractivity contribution is 0.450. The number of alkyl halides is 1. The third-order valence-corrected chi connectivity index (χ3v) is 3.04. The van der Waals surface area contributed by atoms with E-state index < -0.39 is 0 Å². The van der Waals surface area contributed by atoms with Gasteiger partial charge in [-0.05, 0) is 12.1 Å². The molecule has 0 saturated carbocycles. The SMILES string of the molecule is FCCn1c(C2=NCCN2)cc2ccccc21. The number of halogens is 1. The van der Waals surface area contributed by atoms with E-state index in [1.54, 1.807) is 0 Å². The number of fused-ring (bicyclic) bond motifs is 1. The van der Waals surface area contributed by atoms with E-state index in [1.165, 1.54) is 0 Å². The molecule has 3 nitrogen and oxygen atoms in total. The van der Waals surface area contributed by atoms with Crippen LogP contribution >= 0.6 is 0 Å². The fourth-order valence-electron chi connectivity index (χ4n) is 2.30. The standard InChI is InChI=1S/C13H14FN3/c14-5-8-17-11-4-2-1-3-10(11)9-12(17)13-15-6-7-16-13/h1-4,9H,5-8H2,(H,15,16). The Morgan fingerprint density at radius 2 is 2.24 bits per heavy atom. The second-order valence-electron chi connectivity index (χ2n) is 4.09. The van der Waals surface area contributed by atoms with Gasteiger partial charge in [0.1, 0.15) is 12.5 Å². The first-order chi connectivity index (χ1) is 8.40. The molecule has 0 spiro atoms. The number of para-hydroxylation sites is 1. The lowest BCUT2D eigenvalue weighted by atomic mass is 10.2. The summed E-state index contributed by atoms with van der Waals surface area (Å²) in [4.78, 5) is 4.41. The summed E-state index contributed by atoms with van der Waals surface area (Å²) < 4.78 is 14.7. The van der Waals surface area contributed by atoms with Crippen molar-refractivity contribution in [3.63, 3.8) is 0 Å². The summed E-state index contributed by atoms with van der Waals surface area (Å²) in [5.74, 6) is 0.884. The third-order valence-electron chi connectivity index (χ3n) is 3.04. The minimum absolute atomic E-state index is 0.362. The van der Waals surface area contributed by atoms with Gasteiger partial charge >= 0.3 is 0 Å². The average Bonchev–Trinajstić information content (AvgIpc) is 2.97. The summed E-state index contributed by atoms with van der Waals surface area (Å²) in [7, 11) is 0. The van der Waals surface area contributed by atoms with Crippen molar-refractivity contribution in [2.24, 2.45) is 4.99 Å². The van der Waals surface area contributed by atoms with Crippen LogP contribution in [-0.4, -0.2) is 30.2 Å². The first-order valence-electron chi connectivity index (χ1n) is 5.83. The molecule has 17 heavy (non-hydrogen) atoms. The molecule has 0 radical (unpaired) electrons. The van der Waals surface area contributed by atoms with Crippen LogP contribution in [0, 0.1) is 0 Å². The smallest absolute Gasteiger partial charge is 0.145 e. The number of nitrogens with one attached hydrogen (secondary N) is 1. The Morgan fingerprint density at radius 3 is 3.00 bits per heavy atom. The molecule has 2 heterocycles. The Morgan fingerprint density at radius 1 is 1.35 bits per heavy atom. The molecule has 2 aromatic rings. The highest BCUT2D eigenvalue weighted by molar-refractivity contribution is 6.02. The zero-order valence-electron chi connectivity index (χ0n) is 9.49. The van der Waals surface area contributed by atoms with E-state index >= 15 is 0 Å². The van der Waals surface area contributed by atoms with Crippen molar-refractivity contribution in [3.8, 4) is 0 Å². The topological polar surface area (TPSA) is 29.3 Å². The highest BCUT2D eigenvalue weighted by atomic mass is 19.1. The van der Waals surface area contributed by atoms with E-state index in [0.717, 1.165) is 35.5 Å². The van der Waals surface area contributed by atoms with Gasteiger partial charge in [-0.1, -0.05) is 18.2 Å². The second kappa shape index (κ2) is 4.20. The Bertz CT molecular complexity index is 571. The first kappa shape index (κ1) is 10.3. The van der Waals surface area contributed by atoms with Crippen molar-refractivity contribution in [2.45, 2.75) is 6.54 Å². The minimum atomic E-state index is -0.362. The van der Waals surface area contributed by atoms with Crippen molar-refractivity contribution < 1.29 is 4.39 Å². The number of hydrogen-bond donors (Lipinski definition) is 1. The lowest BCUT2D eigenvalue weighted by Gasteiger charge is -2.08. The highest BCUT2D eigenvalue weighted by Crippen LogP contribution is 2.20. The van der Waals surface area contributed by atoms with Crippen molar-refractivity contribution in [1.29, 1.82) is 0 Å². The number of benzene rings is 1. The Kier molecular flexibility index (Phi) is 2.55. The summed E-state index contributed by atoms with van der Waals surface area (Å²) in [6.45, 7) is 1.68. The largest absolute Gasteiger partial charge is 0.367 e. The van der Waals surface area contributed by atoms with Crippen LogP contribution in [0.2, 0.25) is 0 Å². The maximum atomic E-state index is 12.7.